The van der Waals surface area contributed by atoms with Crippen molar-refractivity contribution < 1.29 is 4.92 Å². The summed E-state index contributed by atoms with van der Waals surface area (Å²) in [7, 11) is 0. The van der Waals surface area contributed by atoms with E-state index in [-0.39, 0.29) is 5.69 Å². The highest BCUT2D eigenvalue weighted by Crippen LogP contribution is 2.29. The molecule has 2 N–H and O–H groups in total. The molecule has 0 saturated heterocycles. The number of nitro groups is 1. The lowest BCUT2D eigenvalue weighted by atomic mass is 9.99. The Morgan fingerprint density at radius 3 is 2.59 bits per heavy atom. The van der Waals surface area contributed by atoms with Crippen LogP contribution in [-0.4, -0.2) is 4.92 Å². The van der Waals surface area contributed by atoms with Gasteiger partial charge in [0, 0.05) is 17.8 Å². The molecule has 0 aliphatic heterocycles. The molecule has 0 aromatic heterocycles. The molecule has 0 heterocycles. The highest BCUT2D eigenvalue weighted by molar-refractivity contribution is 5.74. The number of anilines is 1. The normalized spacial score (nSPS) is 10.2. The fourth-order valence-electron chi connectivity index (χ4n) is 1.75. The SMILES string of the molecule is Cc1c(N)cccc1-c1cccc([N+](=O)[O-])c1. The van der Waals surface area contributed by atoms with Gasteiger partial charge in [-0.25, -0.2) is 0 Å². The summed E-state index contributed by atoms with van der Waals surface area (Å²) < 4.78 is 0. The summed E-state index contributed by atoms with van der Waals surface area (Å²) in [6.45, 7) is 1.91. The van der Waals surface area contributed by atoms with E-state index < -0.39 is 4.92 Å². The van der Waals surface area contributed by atoms with Crippen molar-refractivity contribution in [1.82, 2.24) is 0 Å². The first-order valence-corrected chi connectivity index (χ1v) is 5.19. The van der Waals surface area contributed by atoms with Crippen molar-refractivity contribution in [1.29, 1.82) is 0 Å². The summed E-state index contributed by atoms with van der Waals surface area (Å²) in [5, 5.41) is 10.7. The minimum Gasteiger partial charge on any atom is -0.398 e. The van der Waals surface area contributed by atoms with Crippen LogP contribution in [0.2, 0.25) is 0 Å². The number of hydrogen-bond acceptors (Lipinski definition) is 3. The Morgan fingerprint density at radius 2 is 1.88 bits per heavy atom. The van der Waals surface area contributed by atoms with E-state index in [1.165, 1.54) is 6.07 Å². The van der Waals surface area contributed by atoms with E-state index >= 15 is 0 Å². The molecule has 0 bridgehead atoms. The molecule has 86 valence electrons. The minimum absolute atomic E-state index is 0.0873. The fourth-order valence-corrected chi connectivity index (χ4v) is 1.75. The zero-order valence-corrected chi connectivity index (χ0v) is 9.38. The maximum atomic E-state index is 10.7. The van der Waals surface area contributed by atoms with Crippen molar-refractivity contribution in [3.8, 4) is 11.1 Å². The van der Waals surface area contributed by atoms with Gasteiger partial charge in [0.2, 0.25) is 0 Å². The van der Waals surface area contributed by atoms with Crippen molar-refractivity contribution in [2.24, 2.45) is 0 Å². The molecule has 0 atom stereocenters. The monoisotopic (exact) mass is 228 g/mol. The van der Waals surface area contributed by atoms with Gasteiger partial charge in [-0.3, -0.25) is 10.1 Å². The number of hydrogen-bond donors (Lipinski definition) is 1. The molecule has 0 saturated carbocycles. The van der Waals surface area contributed by atoms with Crippen LogP contribution < -0.4 is 5.73 Å². The Labute approximate surface area is 98.8 Å². The van der Waals surface area contributed by atoms with Crippen molar-refractivity contribution >= 4 is 11.4 Å². The highest BCUT2D eigenvalue weighted by Gasteiger charge is 2.09. The number of non-ortho nitro benzene ring substituents is 1. The second-order valence-electron chi connectivity index (χ2n) is 3.83. The van der Waals surface area contributed by atoms with Crippen LogP contribution in [0.3, 0.4) is 0 Å². The highest BCUT2D eigenvalue weighted by atomic mass is 16.6. The van der Waals surface area contributed by atoms with Gasteiger partial charge in [0.1, 0.15) is 0 Å². The maximum absolute atomic E-state index is 10.7. The van der Waals surface area contributed by atoms with Crippen LogP contribution in [0.1, 0.15) is 5.56 Å². The Hall–Kier alpha value is -2.36. The van der Waals surface area contributed by atoms with Gasteiger partial charge in [-0.2, -0.15) is 0 Å². The van der Waals surface area contributed by atoms with E-state index in [1.54, 1.807) is 12.1 Å². The number of rotatable bonds is 2. The van der Waals surface area contributed by atoms with Gasteiger partial charge in [0.15, 0.2) is 0 Å². The molecule has 0 aliphatic rings. The molecule has 4 heteroatoms. The third kappa shape index (κ3) is 2.10. The zero-order valence-electron chi connectivity index (χ0n) is 9.38. The molecular formula is C13H12N2O2. The van der Waals surface area contributed by atoms with E-state index in [0.717, 1.165) is 16.7 Å². The molecular weight excluding hydrogens is 216 g/mol. The summed E-state index contributed by atoms with van der Waals surface area (Å²) in [6.07, 6.45) is 0. The Morgan fingerprint density at radius 1 is 1.18 bits per heavy atom. The average Bonchev–Trinajstić information content (AvgIpc) is 2.33. The molecule has 0 unspecified atom stereocenters. The Bertz CT molecular complexity index is 579. The molecule has 0 amide bonds. The fraction of sp³-hybridized carbons (Fsp3) is 0.0769. The van der Waals surface area contributed by atoms with Crippen molar-refractivity contribution in [3.05, 3.63) is 58.1 Å². The first-order chi connectivity index (χ1) is 8.09. The predicted octanol–water partition coefficient (Wildman–Crippen LogP) is 3.15. The zero-order chi connectivity index (χ0) is 12.4. The summed E-state index contributed by atoms with van der Waals surface area (Å²) in [5.41, 5.74) is 9.27. The van der Waals surface area contributed by atoms with Crippen LogP contribution in [0.5, 0.6) is 0 Å². The number of nitrogens with zero attached hydrogens (tertiary/aromatic N) is 1. The van der Waals surface area contributed by atoms with Gasteiger partial charge in [0.05, 0.1) is 4.92 Å². The van der Waals surface area contributed by atoms with Gasteiger partial charge in [0.25, 0.3) is 5.69 Å². The summed E-state index contributed by atoms with van der Waals surface area (Å²) in [5.74, 6) is 0. The van der Waals surface area contributed by atoms with Gasteiger partial charge >= 0.3 is 0 Å². The van der Waals surface area contributed by atoms with Gasteiger partial charge in [-0.15, -0.1) is 0 Å². The van der Waals surface area contributed by atoms with E-state index in [1.807, 2.05) is 31.2 Å². The average molecular weight is 228 g/mol. The van der Waals surface area contributed by atoms with Crippen LogP contribution >= 0.6 is 0 Å². The third-order valence-electron chi connectivity index (χ3n) is 2.74. The van der Waals surface area contributed by atoms with Crippen LogP contribution in [0.4, 0.5) is 11.4 Å². The second-order valence-corrected chi connectivity index (χ2v) is 3.83. The van der Waals surface area contributed by atoms with Crippen LogP contribution in [0.15, 0.2) is 42.5 Å². The van der Waals surface area contributed by atoms with Gasteiger partial charge in [-0.1, -0.05) is 24.3 Å². The van der Waals surface area contributed by atoms with Gasteiger partial charge < -0.3 is 5.73 Å². The van der Waals surface area contributed by atoms with Crippen LogP contribution in [0.25, 0.3) is 11.1 Å². The smallest absolute Gasteiger partial charge is 0.270 e. The molecule has 2 aromatic rings. The third-order valence-corrected chi connectivity index (χ3v) is 2.74. The van der Waals surface area contributed by atoms with E-state index in [4.69, 9.17) is 5.73 Å². The minimum atomic E-state index is -0.398. The molecule has 0 fully saturated rings. The molecule has 2 aromatic carbocycles. The first-order valence-electron chi connectivity index (χ1n) is 5.19. The van der Waals surface area contributed by atoms with E-state index in [9.17, 15) is 10.1 Å². The quantitative estimate of drug-likeness (QED) is 0.487. The number of nitrogens with two attached hydrogens (primary N) is 1. The predicted molar refractivity (Wildman–Crippen MR) is 67.7 cm³/mol. The van der Waals surface area contributed by atoms with Gasteiger partial charge in [-0.05, 0) is 29.7 Å². The lowest BCUT2D eigenvalue weighted by Gasteiger charge is -2.08. The van der Waals surface area contributed by atoms with Crippen molar-refractivity contribution in [3.63, 3.8) is 0 Å². The molecule has 0 aliphatic carbocycles. The number of benzene rings is 2. The molecule has 4 nitrogen and oxygen atoms in total. The molecule has 2 rings (SSSR count). The molecule has 17 heavy (non-hydrogen) atoms. The largest absolute Gasteiger partial charge is 0.398 e. The van der Waals surface area contributed by atoms with Crippen molar-refractivity contribution in [2.45, 2.75) is 6.92 Å². The Kier molecular flexibility index (Phi) is 2.78. The summed E-state index contributed by atoms with van der Waals surface area (Å²) >= 11 is 0. The summed E-state index contributed by atoms with van der Waals surface area (Å²) in [6, 6.07) is 12.1. The lowest BCUT2D eigenvalue weighted by Crippen LogP contribution is -1.93. The first kappa shape index (κ1) is 11.1. The maximum Gasteiger partial charge on any atom is 0.270 e. The van der Waals surface area contributed by atoms with Crippen LogP contribution in [0, 0.1) is 17.0 Å². The standard InChI is InChI=1S/C13H12N2O2/c1-9-12(6-3-7-13(9)14)10-4-2-5-11(8-10)15(16)17/h2-8H,14H2,1H3. The second kappa shape index (κ2) is 4.25. The topological polar surface area (TPSA) is 69.2 Å². The molecule has 0 spiro atoms. The van der Waals surface area contributed by atoms with Crippen LogP contribution in [-0.2, 0) is 0 Å². The van der Waals surface area contributed by atoms with Crippen molar-refractivity contribution in [2.75, 3.05) is 5.73 Å². The molecule has 0 radical (unpaired) electrons. The Balaban J connectivity index is 2.57. The lowest BCUT2D eigenvalue weighted by molar-refractivity contribution is -0.384. The number of nitrogen functional groups attached to an aromatic ring is 1. The van der Waals surface area contributed by atoms with E-state index in [2.05, 4.69) is 0 Å². The number of nitro benzene ring substituents is 1. The van der Waals surface area contributed by atoms with E-state index in [0.29, 0.717) is 5.69 Å². The summed E-state index contributed by atoms with van der Waals surface area (Å²) in [4.78, 5) is 10.3.